The van der Waals surface area contributed by atoms with E-state index in [-0.39, 0.29) is 41.7 Å². The van der Waals surface area contributed by atoms with Gasteiger partial charge in [-0.1, -0.05) is 60.7 Å². The molecule has 0 unspecified atom stereocenters. The van der Waals surface area contributed by atoms with Crippen molar-refractivity contribution in [1.82, 2.24) is 19.9 Å². The van der Waals surface area contributed by atoms with E-state index in [2.05, 4.69) is 15.3 Å². The Morgan fingerprint density at radius 1 is 0.951 bits per heavy atom. The molecule has 0 bridgehead atoms. The Morgan fingerprint density at radius 3 is 2.27 bits per heavy atom. The number of nitrogens with zero attached hydrogens (tertiary/aromatic N) is 3. The first kappa shape index (κ1) is 25.9. The summed E-state index contributed by atoms with van der Waals surface area (Å²) in [5, 5.41) is 23.9. The van der Waals surface area contributed by atoms with Gasteiger partial charge >= 0.3 is 5.97 Å². The van der Waals surface area contributed by atoms with E-state index in [9.17, 15) is 24.6 Å². The molecule has 9 heteroatoms. The van der Waals surface area contributed by atoms with Crippen molar-refractivity contribution in [2.75, 3.05) is 0 Å². The highest BCUT2D eigenvalue weighted by atomic mass is 16.4. The van der Waals surface area contributed by atoms with Crippen LogP contribution in [0.15, 0.2) is 96.1 Å². The van der Waals surface area contributed by atoms with E-state index in [1.807, 2.05) is 60.7 Å². The number of hydrogen-bond donors (Lipinski definition) is 3. The maximum absolute atomic E-state index is 14.1. The summed E-state index contributed by atoms with van der Waals surface area (Å²) < 4.78 is 1.58. The second kappa shape index (κ2) is 10.3. The van der Waals surface area contributed by atoms with Crippen LogP contribution in [0.1, 0.15) is 28.9 Å². The summed E-state index contributed by atoms with van der Waals surface area (Å²) in [6.45, 7) is 0.280. The molecule has 3 heterocycles. The number of aromatic nitrogens is 3. The third kappa shape index (κ3) is 4.82. The summed E-state index contributed by atoms with van der Waals surface area (Å²) in [6.07, 6.45) is 4.27. The van der Waals surface area contributed by atoms with Crippen molar-refractivity contribution < 1.29 is 19.8 Å². The van der Waals surface area contributed by atoms with E-state index >= 15 is 0 Å². The zero-order valence-corrected chi connectivity index (χ0v) is 21.9. The third-order valence-corrected chi connectivity index (χ3v) is 7.43. The predicted octanol–water partition coefficient (Wildman–Crippen LogP) is 4.42. The Bertz CT molecular complexity index is 1830. The Balaban J connectivity index is 1.62. The fourth-order valence-electron chi connectivity index (χ4n) is 5.03. The van der Waals surface area contributed by atoms with E-state index in [0.29, 0.717) is 28.6 Å². The first-order chi connectivity index (χ1) is 19.9. The molecule has 3 N–H and O–H groups in total. The molecular weight excluding hydrogens is 520 g/mol. The fraction of sp³-hybridized carbons (Fsp3) is 0.156. The number of carbonyl (C=O) groups is 2. The largest absolute Gasteiger partial charge is 0.505 e. The number of aliphatic carboxylic acids is 1. The second-order valence-corrected chi connectivity index (χ2v) is 10.1. The second-order valence-electron chi connectivity index (χ2n) is 10.1. The average molecular weight is 547 g/mol. The normalized spacial score (nSPS) is 13.6. The van der Waals surface area contributed by atoms with E-state index < -0.39 is 23.2 Å². The van der Waals surface area contributed by atoms with Crippen molar-refractivity contribution in [2.45, 2.75) is 31.3 Å². The van der Waals surface area contributed by atoms with Crippen LogP contribution in [-0.2, 0) is 17.8 Å². The minimum absolute atomic E-state index is 0.246. The van der Waals surface area contributed by atoms with Gasteiger partial charge in [-0.3, -0.25) is 14.6 Å². The molecule has 41 heavy (non-hydrogen) atoms. The molecule has 1 amide bonds. The van der Waals surface area contributed by atoms with Crippen molar-refractivity contribution >= 4 is 22.8 Å². The molecule has 1 saturated carbocycles. The SMILES string of the molecule is O=C(NC1(C(=O)O)CC1)c1nc(-c2cccnc2)c2c(cc(-c3ccccc3)c(=O)n2CCc2ccccc2)c1O. The summed E-state index contributed by atoms with van der Waals surface area (Å²) in [7, 11) is 0. The predicted molar refractivity (Wildman–Crippen MR) is 154 cm³/mol. The molecule has 9 nitrogen and oxygen atoms in total. The number of rotatable bonds is 8. The Labute approximate surface area is 234 Å². The van der Waals surface area contributed by atoms with E-state index in [1.54, 1.807) is 35.2 Å². The van der Waals surface area contributed by atoms with Gasteiger partial charge in [-0.15, -0.1) is 0 Å². The summed E-state index contributed by atoms with van der Waals surface area (Å²) >= 11 is 0. The van der Waals surface area contributed by atoms with Crippen LogP contribution in [-0.4, -0.2) is 42.2 Å². The third-order valence-electron chi connectivity index (χ3n) is 7.43. The molecule has 0 radical (unpaired) electrons. The van der Waals surface area contributed by atoms with Gasteiger partial charge in [0.1, 0.15) is 5.54 Å². The Morgan fingerprint density at radius 2 is 1.63 bits per heavy atom. The lowest BCUT2D eigenvalue weighted by atomic mass is 10.0. The van der Waals surface area contributed by atoms with Crippen molar-refractivity contribution in [3.63, 3.8) is 0 Å². The number of nitrogens with one attached hydrogen (secondary N) is 1. The molecule has 5 aromatic rings. The quantitative estimate of drug-likeness (QED) is 0.262. The van der Waals surface area contributed by atoms with Gasteiger partial charge in [-0.05, 0) is 48.6 Å². The van der Waals surface area contributed by atoms with Gasteiger partial charge in [-0.25, -0.2) is 9.78 Å². The van der Waals surface area contributed by atoms with Gasteiger partial charge in [0.25, 0.3) is 11.5 Å². The number of pyridine rings is 3. The summed E-state index contributed by atoms with van der Waals surface area (Å²) in [5.74, 6) is -2.38. The van der Waals surface area contributed by atoms with E-state index in [0.717, 1.165) is 5.56 Å². The highest BCUT2D eigenvalue weighted by Crippen LogP contribution is 2.39. The highest BCUT2D eigenvalue weighted by Gasteiger charge is 2.52. The molecule has 0 saturated heterocycles. The van der Waals surface area contributed by atoms with E-state index in [4.69, 9.17) is 0 Å². The monoisotopic (exact) mass is 546 g/mol. The number of aryl methyl sites for hydroxylation is 2. The minimum atomic E-state index is -1.38. The summed E-state index contributed by atoms with van der Waals surface area (Å²) in [5.41, 5.74) is 1.22. The number of aromatic hydroxyl groups is 1. The van der Waals surface area contributed by atoms with Crippen LogP contribution in [0.5, 0.6) is 5.75 Å². The van der Waals surface area contributed by atoms with Crippen LogP contribution in [0.25, 0.3) is 33.3 Å². The van der Waals surface area contributed by atoms with Gasteiger partial charge in [0.05, 0.1) is 11.2 Å². The molecule has 1 fully saturated rings. The van der Waals surface area contributed by atoms with Crippen LogP contribution in [0.4, 0.5) is 0 Å². The van der Waals surface area contributed by atoms with E-state index in [1.165, 1.54) is 0 Å². The van der Waals surface area contributed by atoms with Gasteiger partial charge in [0.15, 0.2) is 11.4 Å². The van der Waals surface area contributed by atoms with Crippen molar-refractivity contribution in [3.8, 4) is 28.1 Å². The van der Waals surface area contributed by atoms with Crippen LogP contribution in [0.3, 0.4) is 0 Å². The first-order valence-corrected chi connectivity index (χ1v) is 13.2. The lowest BCUT2D eigenvalue weighted by Crippen LogP contribution is -2.43. The zero-order valence-electron chi connectivity index (χ0n) is 21.9. The zero-order chi connectivity index (χ0) is 28.6. The number of hydrogen-bond acceptors (Lipinski definition) is 6. The lowest BCUT2D eigenvalue weighted by molar-refractivity contribution is -0.140. The van der Waals surface area contributed by atoms with Gasteiger partial charge in [0, 0.05) is 35.5 Å². The van der Waals surface area contributed by atoms with Gasteiger partial charge < -0.3 is 20.1 Å². The number of carboxylic acids is 1. The van der Waals surface area contributed by atoms with Crippen LogP contribution in [0, 0.1) is 0 Å². The number of benzene rings is 2. The molecule has 204 valence electrons. The molecule has 0 aliphatic heterocycles. The van der Waals surface area contributed by atoms with Crippen molar-refractivity contribution in [2.24, 2.45) is 0 Å². The molecule has 6 rings (SSSR count). The molecule has 0 atom stereocenters. The molecule has 2 aromatic carbocycles. The van der Waals surface area contributed by atoms with Crippen LogP contribution < -0.4 is 10.9 Å². The maximum Gasteiger partial charge on any atom is 0.329 e. The summed E-state index contributed by atoms with van der Waals surface area (Å²) in [4.78, 5) is 48.0. The Kier molecular flexibility index (Phi) is 6.55. The smallest absolute Gasteiger partial charge is 0.329 e. The van der Waals surface area contributed by atoms with Gasteiger partial charge in [0.2, 0.25) is 0 Å². The number of amides is 1. The van der Waals surface area contributed by atoms with Gasteiger partial charge in [-0.2, -0.15) is 0 Å². The summed E-state index contributed by atoms with van der Waals surface area (Å²) in [6, 6.07) is 23.9. The first-order valence-electron chi connectivity index (χ1n) is 13.2. The molecule has 0 spiro atoms. The van der Waals surface area contributed by atoms with Crippen LogP contribution in [0.2, 0.25) is 0 Å². The molecular formula is C32H26N4O5. The molecule has 1 aliphatic carbocycles. The minimum Gasteiger partial charge on any atom is -0.505 e. The number of fused-ring (bicyclic) bond motifs is 1. The van der Waals surface area contributed by atoms with Crippen molar-refractivity contribution in [1.29, 1.82) is 0 Å². The molecule has 3 aromatic heterocycles. The highest BCUT2D eigenvalue weighted by molar-refractivity contribution is 6.07. The lowest BCUT2D eigenvalue weighted by Gasteiger charge is -2.19. The number of carbonyl (C=O) groups excluding carboxylic acids is 1. The number of carboxylic acid groups (broad SMARTS) is 1. The topological polar surface area (TPSA) is 134 Å². The Hall–Kier alpha value is -5.31. The average Bonchev–Trinajstić information content (AvgIpc) is 3.79. The standard InChI is InChI=1S/C32H26N4O5/c37-28-24-18-23(21-10-5-2-6-11-21)30(39)36(17-13-20-8-3-1-4-9-20)27(24)25(22-12-7-16-33-19-22)34-26(28)29(38)35-32(14-15-32)31(40)41/h1-12,16,18-19,37H,13-15,17H2,(H,35,38)(H,40,41). The molecule has 1 aliphatic rings. The van der Waals surface area contributed by atoms with Crippen LogP contribution >= 0.6 is 0 Å². The fourth-order valence-corrected chi connectivity index (χ4v) is 5.03. The van der Waals surface area contributed by atoms with Crippen molar-refractivity contribution in [3.05, 3.63) is 113 Å². The maximum atomic E-state index is 14.1.